The summed E-state index contributed by atoms with van der Waals surface area (Å²) in [5.41, 5.74) is 1.16. The van der Waals surface area contributed by atoms with Crippen LogP contribution in [0.5, 0.6) is 0 Å². The van der Waals surface area contributed by atoms with Crippen LogP contribution in [0, 0.1) is 0 Å². The highest BCUT2D eigenvalue weighted by Crippen LogP contribution is 2.12. The van der Waals surface area contributed by atoms with E-state index in [0.29, 0.717) is 0 Å². The van der Waals surface area contributed by atoms with Gasteiger partial charge in [0.1, 0.15) is 0 Å². The van der Waals surface area contributed by atoms with Gasteiger partial charge in [-0.05, 0) is 103 Å². The van der Waals surface area contributed by atoms with Crippen molar-refractivity contribution in [3.63, 3.8) is 0 Å². The molecular weight excluding hydrogens is 637 g/mol. The number of hydrogen-bond acceptors (Lipinski definition) is 4. The summed E-state index contributed by atoms with van der Waals surface area (Å²) in [5, 5.41) is 0. The van der Waals surface area contributed by atoms with Gasteiger partial charge in [0, 0.05) is 44.6 Å². The van der Waals surface area contributed by atoms with Crippen LogP contribution in [0.15, 0.2) is 73.0 Å². The van der Waals surface area contributed by atoms with E-state index in [0.717, 1.165) is 77.1 Å². The van der Waals surface area contributed by atoms with Crippen molar-refractivity contribution < 1.29 is 9.47 Å². The van der Waals surface area contributed by atoms with E-state index in [1.807, 2.05) is 12.3 Å². The lowest BCUT2D eigenvalue weighted by molar-refractivity contribution is -0.0254. The third kappa shape index (κ3) is 35.0. The lowest BCUT2D eigenvalue weighted by Gasteiger charge is -2.22. The van der Waals surface area contributed by atoms with Crippen LogP contribution >= 0.6 is 0 Å². The normalized spacial score (nSPS) is 12.9. The molecule has 0 radical (unpaired) electrons. The second-order valence-corrected chi connectivity index (χ2v) is 14.9. The molecule has 0 saturated heterocycles. The number of likely N-dealkylation sites (N-methyl/N-ethyl adjacent to an activating group) is 1. The Kier molecular flexibility index (Phi) is 37.1. The van der Waals surface area contributed by atoms with E-state index in [4.69, 9.17) is 9.47 Å². The summed E-state index contributed by atoms with van der Waals surface area (Å²) in [6.45, 7) is 9.00. The van der Waals surface area contributed by atoms with Gasteiger partial charge < -0.3 is 14.4 Å². The molecule has 52 heavy (non-hydrogen) atoms. The number of nitrogens with zero attached hydrogens (tertiary/aromatic N) is 2. The SMILES string of the molecule is CCCCC/C=C/C/C=C/CCCCCCCCOCC(CCN(C)CCc1ccccn1)OCCCCCCCC/C=C/C/C=C/CCCCC. The molecule has 1 aromatic heterocycles. The Bertz CT molecular complexity index is 956. The van der Waals surface area contributed by atoms with Gasteiger partial charge in [-0.1, -0.05) is 146 Å². The molecule has 1 aromatic rings. The molecule has 0 fully saturated rings. The minimum atomic E-state index is 0.180. The highest BCUT2D eigenvalue weighted by atomic mass is 16.5. The molecule has 0 amide bonds. The molecule has 1 unspecified atom stereocenters. The lowest BCUT2D eigenvalue weighted by Crippen LogP contribution is -2.29. The number of ether oxygens (including phenoxy) is 2. The average Bonchev–Trinajstić information content (AvgIpc) is 3.16. The van der Waals surface area contributed by atoms with Crippen LogP contribution in [0.3, 0.4) is 0 Å². The van der Waals surface area contributed by atoms with Crippen molar-refractivity contribution >= 4 is 0 Å². The van der Waals surface area contributed by atoms with Gasteiger partial charge in [0.25, 0.3) is 0 Å². The van der Waals surface area contributed by atoms with E-state index >= 15 is 0 Å². The highest BCUT2D eigenvalue weighted by molar-refractivity contribution is 5.03. The van der Waals surface area contributed by atoms with Crippen LogP contribution in [0.1, 0.15) is 180 Å². The molecule has 0 saturated carbocycles. The minimum absolute atomic E-state index is 0.180. The second kappa shape index (κ2) is 40.2. The first kappa shape index (κ1) is 48.0. The number of hydrogen-bond donors (Lipinski definition) is 0. The molecule has 0 spiro atoms. The molecule has 0 aliphatic carbocycles. The molecule has 0 aliphatic heterocycles. The third-order valence-electron chi connectivity index (χ3n) is 9.80. The zero-order chi connectivity index (χ0) is 37.3. The Balaban J connectivity index is 2.15. The monoisotopic (exact) mass is 721 g/mol. The Labute approximate surface area is 324 Å². The van der Waals surface area contributed by atoms with E-state index < -0.39 is 0 Å². The largest absolute Gasteiger partial charge is 0.379 e. The van der Waals surface area contributed by atoms with Crippen molar-refractivity contribution in [2.24, 2.45) is 0 Å². The summed E-state index contributed by atoms with van der Waals surface area (Å²) in [5.74, 6) is 0. The molecular formula is C48H84N2O2. The summed E-state index contributed by atoms with van der Waals surface area (Å²) in [7, 11) is 2.22. The first-order valence-corrected chi connectivity index (χ1v) is 22.1. The fourth-order valence-corrected chi connectivity index (χ4v) is 6.29. The minimum Gasteiger partial charge on any atom is -0.379 e. The maximum atomic E-state index is 6.42. The van der Waals surface area contributed by atoms with Gasteiger partial charge in [-0.25, -0.2) is 0 Å². The second-order valence-electron chi connectivity index (χ2n) is 14.9. The molecule has 1 heterocycles. The van der Waals surface area contributed by atoms with Gasteiger partial charge in [-0.2, -0.15) is 0 Å². The van der Waals surface area contributed by atoms with E-state index in [9.17, 15) is 0 Å². The third-order valence-corrected chi connectivity index (χ3v) is 9.80. The highest BCUT2D eigenvalue weighted by Gasteiger charge is 2.12. The molecule has 4 heteroatoms. The standard InChI is InChI=1S/C48H84N2O2/c1-4-6-8-10-12-14-16-18-20-22-24-26-28-30-32-36-44-51-46-48(40-43-50(3)42-39-47-38-34-35-41-49-47)52-45-37-33-31-29-27-25-23-21-19-17-15-13-11-9-7-5-2/h12-15,18-21,34-35,38,41,48H,4-11,16-17,22-33,36-37,39-40,42-46H2,1-3H3/b14-12+,15-13+,20-18+,21-19+. The van der Waals surface area contributed by atoms with Crippen molar-refractivity contribution in [1.82, 2.24) is 9.88 Å². The smallest absolute Gasteiger partial charge is 0.0820 e. The lowest BCUT2D eigenvalue weighted by atomic mass is 10.1. The molecule has 4 nitrogen and oxygen atoms in total. The Hall–Kier alpha value is -2.01. The number of unbranched alkanes of at least 4 members (excludes halogenated alkanes) is 18. The number of aromatic nitrogens is 1. The summed E-state index contributed by atoms with van der Waals surface area (Å²) in [4.78, 5) is 6.89. The van der Waals surface area contributed by atoms with Crippen molar-refractivity contribution in [3.05, 3.63) is 78.7 Å². The summed E-state index contributed by atoms with van der Waals surface area (Å²) >= 11 is 0. The Morgan fingerprint density at radius 1 is 0.577 bits per heavy atom. The maximum Gasteiger partial charge on any atom is 0.0820 e. The molecule has 1 atom stereocenters. The first-order valence-electron chi connectivity index (χ1n) is 22.1. The fraction of sp³-hybridized carbons (Fsp3) is 0.729. The van der Waals surface area contributed by atoms with Crippen LogP contribution in [-0.2, 0) is 15.9 Å². The quantitative estimate of drug-likeness (QED) is 0.0501. The van der Waals surface area contributed by atoms with Crippen LogP contribution in [0.4, 0.5) is 0 Å². The molecule has 0 bridgehead atoms. The van der Waals surface area contributed by atoms with Crippen molar-refractivity contribution in [2.45, 2.75) is 187 Å². The average molecular weight is 721 g/mol. The van der Waals surface area contributed by atoms with Gasteiger partial charge in [0.2, 0.25) is 0 Å². The van der Waals surface area contributed by atoms with Crippen LogP contribution in [0.25, 0.3) is 0 Å². The fourth-order valence-electron chi connectivity index (χ4n) is 6.29. The van der Waals surface area contributed by atoms with E-state index in [2.05, 4.69) is 91.5 Å². The zero-order valence-corrected chi connectivity index (χ0v) is 34.6. The van der Waals surface area contributed by atoms with Gasteiger partial charge >= 0.3 is 0 Å². The van der Waals surface area contributed by atoms with Gasteiger partial charge in [0.15, 0.2) is 0 Å². The van der Waals surface area contributed by atoms with Crippen molar-refractivity contribution in [2.75, 3.05) is 40.0 Å². The topological polar surface area (TPSA) is 34.6 Å². The summed E-state index contributed by atoms with van der Waals surface area (Å²) in [6, 6.07) is 6.18. The first-order chi connectivity index (χ1) is 25.8. The van der Waals surface area contributed by atoms with Gasteiger partial charge in [0.05, 0.1) is 12.7 Å². The van der Waals surface area contributed by atoms with Gasteiger partial charge in [-0.15, -0.1) is 0 Å². The number of allylic oxidation sites excluding steroid dienone is 8. The predicted octanol–water partition coefficient (Wildman–Crippen LogP) is 14.0. The van der Waals surface area contributed by atoms with E-state index in [-0.39, 0.29) is 6.10 Å². The zero-order valence-electron chi connectivity index (χ0n) is 34.6. The van der Waals surface area contributed by atoms with E-state index in [1.165, 1.54) is 128 Å². The van der Waals surface area contributed by atoms with Crippen molar-refractivity contribution in [3.8, 4) is 0 Å². The van der Waals surface area contributed by atoms with Crippen LogP contribution < -0.4 is 0 Å². The molecule has 0 N–H and O–H groups in total. The summed E-state index contributed by atoms with van der Waals surface area (Å²) < 4.78 is 12.6. The Morgan fingerprint density at radius 2 is 1.08 bits per heavy atom. The molecule has 0 aliphatic rings. The van der Waals surface area contributed by atoms with Gasteiger partial charge in [-0.3, -0.25) is 4.98 Å². The number of rotatable bonds is 39. The number of pyridine rings is 1. The predicted molar refractivity (Wildman–Crippen MR) is 229 cm³/mol. The maximum absolute atomic E-state index is 6.42. The Morgan fingerprint density at radius 3 is 1.60 bits per heavy atom. The summed E-state index contributed by atoms with van der Waals surface area (Å²) in [6.07, 6.45) is 53.4. The molecule has 0 aromatic carbocycles. The van der Waals surface area contributed by atoms with E-state index in [1.54, 1.807) is 0 Å². The molecule has 298 valence electrons. The van der Waals surface area contributed by atoms with Crippen molar-refractivity contribution in [1.29, 1.82) is 0 Å². The van der Waals surface area contributed by atoms with Crippen LogP contribution in [0.2, 0.25) is 0 Å². The van der Waals surface area contributed by atoms with Crippen LogP contribution in [-0.4, -0.2) is 55.9 Å². The molecule has 1 rings (SSSR count).